The fourth-order valence-electron chi connectivity index (χ4n) is 1.57. The molecule has 0 saturated carbocycles. The summed E-state index contributed by atoms with van der Waals surface area (Å²) in [6.07, 6.45) is 1.15. The molecule has 2 rings (SSSR count). The molecule has 2 N–H and O–H groups in total. The number of hydrogen-bond acceptors (Lipinski definition) is 4. The lowest BCUT2D eigenvalue weighted by Gasteiger charge is -2.03. The fraction of sp³-hybridized carbons (Fsp3) is 0.0833. The number of hydrogen-bond donors (Lipinski definition) is 2. The second kappa shape index (κ2) is 4.81. The van der Waals surface area contributed by atoms with E-state index in [0.29, 0.717) is 11.4 Å². The van der Waals surface area contributed by atoms with Crippen LogP contribution in [0.5, 0.6) is 5.75 Å². The van der Waals surface area contributed by atoms with Crippen LogP contribution in [0.4, 0.5) is 0 Å². The first-order valence-electron chi connectivity index (χ1n) is 5.23. The van der Waals surface area contributed by atoms with E-state index in [-0.39, 0.29) is 5.56 Å². The summed E-state index contributed by atoms with van der Waals surface area (Å²) in [4.78, 5) is 21.9. The molecule has 7 nitrogen and oxygen atoms in total. The van der Waals surface area contributed by atoms with Crippen LogP contribution >= 0.6 is 0 Å². The zero-order valence-electron chi connectivity index (χ0n) is 9.90. The van der Waals surface area contributed by atoms with Gasteiger partial charge in [-0.3, -0.25) is 0 Å². The van der Waals surface area contributed by atoms with Crippen LogP contribution < -0.4 is 4.74 Å². The summed E-state index contributed by atoms with van der Waals surface area (Å²) in [5, 5.41) is 21.6. The van der Waals surface area contributed by atoms with Crippen molar-refractivity contribution in [3.63, 3.8) is 0 Å². The summed E-state index contributed by atoms with van der Waals surface area (Å²) >= 11 is 0. The number of methoxy groups -OCH3 is 1. The molecule has 0 aliphatic rings. The number of benzene rings is 1. The van der Waals surface area contributed by atoms with E-state index in [1.807, 2.05) is 0 Å². The van der Waals surface area contributed by atoms with Crippen molar-refractivity contribution in [1.82, 2.24) is 9.78 Å². The molecule has 0 aliphatic heterocycles. The summed E-state index contributed by atoms with van der Waals surface area (Å²) in [7, 11) is 1.49. The highest BCUT2D eigenvalue weighted by atomic mass is 16.5. The molecule has 1 aromatic carbocycles. The van der Waals surface area contributed by atoms with Gasteiger partial charge in [-0.15, -0.1) is 0 Å². The Morgan fingerprint density at radius 2 is 2.00 bits per heavy atom. The van der Waals surface area contributed by atoms with Crippen molar-refractivity contribution in [3.05, 3.63) is 41.7 Å². The van der Waals surface area contributed by atoms with Crippen LogP contribution in [-0.4, -0.2) is 39.0 Å². The van der Waals surface area contributed by atoms with Crippen LogP contribution in [0.1, 0.15) is 20.8 Å². The molecule has 2 aromatic rings. The monoisotopic (exact) mass is 262 g/mol. The van der Waals surface area contributed by atoms with Gasteiger partial charge in [0, 0.05) is 12.3 Å². The molecule has 0 spiro atoms. The number of carbonyl (C=O) groups is 2. The maximum atomic E-state index is 11.0. The van der Waals surface area contributed by atoms with E-state index < -0.39 is 17.6 Å². The highest BCUT2D eigenvalue weighted by molar-refractivity contribution is 6.00. The number of aromatic carboxylic acids is 2. The summed E-state index contributed by atoms with van der Waals surface area (Å²) < 4.78 is 6.22. The van der Waals surface area contributed by atoms with Gasteiger partial charge in [0.1, 0.15) is 11.3 Å². The Bertz CT molecular complexity index is 616. The molecule has 0 aliphatic carbocycles. The van der Waals surface area contributed by atoms with Gasteiger partial charge in [0.25, 0.3) is 0 Å². The molecule has 0 bridgehead atoms. The number of carboxylic acids is 2. The Morgan fingerprint density at radius 3 is 2.53 bits per heavy atom. The number of ether oxygens (including phenoxy) is 1. The number of carboxylic acid groups (broad SMARTS) is 2. The summed E-state index contributed by atoms with van der Waals surface area (Å²) in [5.74, 6) is -2.17. The lowest BCUT2D eigenvalue weighted by Crippen LogP contribution is -2.06. The third kappa shape index (κ3) is 2.39. The number of nitrogens with zero attached hydrogens (tertiary/aromatic N) is 2. The van der Waals surface area contributed by atoms with Crippen molar-refractivity contribution in [1.29, 1.82) is 0 Å². The van der Waals surface area contributed by atoms with Crippen molar-refractivity contribution in [2.75, 3.05) is 7.11 Å². The minimum Gasteiger partial charge on any atom is -0.497 e. The van der Waals surface area contributed by atoms with Gasteiger partial charge in [0.05, 0.1) is 12.8 Å². The van der Waals surface area contributed by atoms with Crippen molar-refractivity contribution in [2.24, 2.45) is 0 Å². The molecule has 1 aromatic heterocycles. The van der Waals surface area contributed by atoms with E-state index in [4.69, 9.17) is 14.9 Å². The summed E-state index contributed by atoms with van der Waals surface area (Å²) in [5.41, 5.74) is -0.361. The molecule has 0 fully saturated rings. The lowest BCUT2D eigenvalue weighted by atomic mass is 10.2. The van der Waals surface area contributed by atoms with Gasteiger partial charge < -0.3 is 14.9 Å². The molecule has 7 heteroatoms. The largest absolute Gasteiger partial charge is 0.497 e. The quantitative estimate of drug-likeness (QED) is 0.860. The predicted molar refractivity (Wildman–Crippen MR) is 64.0 cm³/mol. The van der Waals surface area contributed by atoms with Gasteiger partial charge >= 0.3 is 11.9 Å². The summed E-state index contributed by atoms with van der Waals surface area (Å²) in [6, 6.07) is 6.68. The first-order valence-corrected chi connectivity index (χ1v) is 5.23. The fourth-order valence-corrected chi connectivity index (χ4v) is 1.57. The van der Waals surface area contributed by atoms with Gasteiger partial charge in [-0.05, 0) is 12.1 Å². The van der Waals surface area contributed by atoms with Crippen molar-refractivity contribution in [3.8, 4) is 11.4 Å². The molecule has 0 saturated heterocycles. The number of aromatic nitrogens is 2. The molecule has 1 heterocycles. The van der Waals surface area contributed by atoms with Crippen LogP contribution in [0.3, 0.4) is 0 Å². The van der Waals surface area contributed by atoms with Crippen LogP contribution in [-0.2, 0) is 0 Å². The third-order valence-electron chi connectivity index (χ3n) is 2.47. The smallest absolute Gasteiger partial charge is 0.357 e. The standard InChI is InChI=1S/C12H10N2O5/c1-19-8-4-2-3-7(5-8)14-6-9(11(15)16)10(13-14)12(17)18/h2-6H,1H3,(H,15,16)(H,17,18). The molecular formula is C12H10N2O5. The lowest BCUT2D eigenvalue weighted by molar-refractivity contribution is 0.0648. The second-order valence-corrected chi connectivity index (χ2v) is 3.65. The first-order chi connectivity index (χ1) is 9.02. The molecule has 0 atom stereocenters. The first kappa shape index (κ1) is 12.6. The van der Waals surface area contributed by atoms with E-state index in [0.717, 1.165) is 6.20 Å². The molecule has 98 valence electrons. The minimum atomic E-state index is -1.39. The highest BCUT2D eigenvalue weighted by Gasteiger charge is 2.21. The van der Waals surface area contributed by atoms with E-state index in [2.05, 4.69) is 5.10 Å². The molecule has 0 radical (unpaired) electrons. The predicted octanol–water partition coefficient (Wildman–Crippen LogP) is 1.28. The van der Waals surface area contributed by atoms with Crippen molar-refractivity contribution in [2.45, 2.75) is 0 Å². The van der Waals surface area contributed by atoms with Crippen molar-refractivity contribution >= 4 is 11.9 Å². The Kier molecular flexibility index (Phi) is 3.19. The van der Waals surface area contributed by atoms with Crippen LogP contribution in [0, 0.1) is 0 Å². The van der Waals surface area contributed by atoms with E-state index >= 15 is 0 Å². The zero-order chi connectivity index (χ0) is 14.0. The second-order valence-electron chi connectivity index (χ2n) is 3.65. The van der Waals surface area contributed by atoms with E-state index in [9.17, 15) is 9.59 Å². The Hall–Kier alpha value is -2.83. The molecular weight excluding hydrogens is 252 g/mol. The van der Waals surface area contributed by atoms with Crippen molar-refractivity contribution < 1.29 is 24.5 Å². The normalized spacial score (nSPS) is 10.2. The molecule has 0 unspecified atom stereocenters. The number of rotatable bonds is 4. The highest BCUT2D eigenvalue weighted by Crippen LogP contribution is 2.18. The van der Waals surface area contributed by atoms with Gasteiger partial charge in [0.15, 0.2) is 5.69 Å². The van der Waals surface area contributed by atoms with Gasteiger partial charge in [-0.2, -0.15) is 5.10 Å². The zero-order valence-corrected chi connectivity index (χ0v) is 9.90. The maximum absolute atomic E-state index is 11.0. The van der Waals surface area contributed by atoms with E-state index in [1.165, 1.54) is 11.8 Å². The molecule has 0 amide bonds. The van der Waals surface area contributed by atoms with E-state index in [1.54, 1.807) is 24.3 Å². The van der Waals surface area contributed by atoms with Crippen LogP contribution in [0.2, 0.25) is 0 Å². The topological polar surface area (TPSA) is 102 Å². The molecule has 19 heavy (non-hydrogen) atoms. The Labute approximate surface area is 107 Å². The SMILES string of the molecule is COc1cccc(-n2cc(C(=O)O)c(C(=O)O)n2)c1. The maximum Gasteiger partial charge on any atom is 0.357 e. The van der Waals surface area contributed by atoms with Gasteiger partial charge in [-0.1, -0.05) is 6.07 Å². The Morgan fingerprint density at radius 1 is 1.26 bits per heavy atom. The van der Waals surface area contributed by atoms with Gasteiger partial charge in [-0.25, -0.2) is 14.3 Å². The Balaban J connectivity index is 2.53. The average Bonchev–Trinajstić information content (AvgIpc) is 2.84. The van der Waals surface area contributed by atoms with Crippen LogP contribution in [0.25, 0.3) is 5.69 Å². The average molecular weight is 262 g/mol. The minimum absolute atomic E-state index is 0.365. The van der Waals surface area contributed by atoms with Gasteiger partial charge in [0.2, 0.25) is 0 Å². The third-order valence-corrected chi connectivity index (χ3v) is 2.47. The summed E-state index contributed by atoms with van der Waals surface area (Å²) in [6.45, 7) is 0. The van der Waals surface area contributed by atoms with Crippen LogP contribution in [0.15, 0.2) is 30.5 Å².